The zero-order valence-electron chi connectivity index (χ0n) is 11.7. The molecule has 1 nitrogen and oxygen atoms in total. The molecule has 0 N–H and O–H groups in total. The number of hydrogen-bond acceptors (Lipinski definition) is 1. The van der Waals surface area contributed by atoms with Gasteiger partial charge in [-0.25, -0.2) is 0 Å². The molecule has 0 saturated heterocycles. The topological polar surface area (TPSA) is 9.23 Å². The minimum absolute atomic E-state index is 0.184. The summed E-state index contributed by atoms with van der Waals surface area (Å²) in [6.45, 7) is 1.95. The van der Waals surface area contributed by atoms with Crippen molar-refractivity contribution >= 4 is 17.7 Å². The Hall–Kier alpha value is -1.94. The van der Waals surface area contributed by atoms with Crippen LogP contribution in [0.4, 0.5) is 13.2 Å². The second-order valence-corrected chi connectivity index (χ2v) is 5.71. The van der Waals surface area contributed by atoms with Crippen LogP contribution in [-0.2, 0) is 6.42 Å². The summed E-state index contributed by atoms with van der Waals surface area (Å²) in [4.78, 5) is 0. The van der Waals surface area contributed by atoms with E-state index < -0.39 is 6.36 Å². The Morgan fingerprint density at radius 2 is 1.77 bits per heavy atom. The monoisotopic (exact) mass is 324 g/mol. The van der Waals surface area contributed by atoms with Gasteiger partial charge < -0.3 is 4.74 Å². The van der Waals surface area contributed by atoms with Gasteiger partial charge in [0.05, 0.1) is 0 Å². The average molecular weight is 325 g/mol. The maximum atomic E-state index is 12.7. The summed E-state index contributed by atoms with van der Waals surface area (Å²) >= 11 is 5.84. The molecule has 5 heteroatoms. The van der Waals surface area contributed by atoms with Crippen molar-refractivity contribution in [2.75, 3.05) is 0 Å². The lowest BCUT2D eigenvalue weighted by molar-refractivity contribution is -0.274. The Kier molecular flexibility index (Phi) is 3.65. The molecule has 0 spiro atoms. The molecule has 3 rings (SSSR count). The molecule has 1 aliphatic carbocycles. The van der Waals surface area contributed by atoms with Crippen LogP contribution in [0, 0.1) is 0 Å². The maximum absolute atomic E-state index is 12.7. The number of alkyl halides is 3. The lowest BCUT2D eigenvalue weighted by atomic mass is 9.99. The highest BCUT2D eigenvalue weighted by Gasteiger charge is 2.33. The van der Waals surface area contributed by atoms with Crippen LogP contribution in [-0.4, -0.2) is 6.36 Å². The molecule has 0 radical (unpaired) electrons. The van der Waals surface area contributed by atoms with E-state index in [0.29, 0.717) is 22.6 Å². The lowest BCUT2D eigenvalue weighted by Crippen LogP contribution is -2.18. The highest BCUT2D eigenvalue weighted by molar-refractivity contribution is 6.30. The molecule has 114 valence electrons. The van der Waals surface area contributed by atoms with Gasteiger partial charge in [-0.15, -0.1) is 13.2 Å². The predicted octanol–water partition coefficient (Wildman–Crippen LogP) is 5.87. The maximum Gasteiger partial charge on any atom is 0.573 e. The number of rotatable bonds is 2. The van der Waals surface area contributed by atoms with Crippen molar-refractivity contribution in [3.05, 3.63) is 58.1 Å². The first-order chi connectivity index (χ1) is 10.3. The van der Waals surface area contributed by atoms with Crippen LogP contribution in [0.5, 0.6) is 5.75 Å². The number of halogens is 4. The van der Waals surface area contributed by atoms with Crippen LogP contribution in [0.1, 0.15) is 18.1 Å². The lowest BCUT2D eigenvalue weighted by Gasteiger charge is -2.15. The molecule has 0 bridgehead atoms. The summed E-state index contributed by atoms with van der Waals surface area (Å²) in [5.74, 6) is -0.184. The van der Waals surface area contributed by atoms with Crippen LogP contribution in [0.15, 0.2) is 42.0 Å². The number of benzene rings is 2. The Labute approximate surface area is 131 Å². The molecule has 2 aromatic rings. The van der Waals surface area contributed by atoms with Crippen molar-refractivity contribution in [2.24, 2.45) is 0 Å². The zero-order chi connectivity index (χ0) is 15.9. The molecule has 0 atom stereocenters. The SMILES string of the molecule is CC1=Cc2cc(-c3ccc(Cl)cc3)c(OC(F)(F)F)cc2C1. The van der Waals surface area contributed by atoms with Crippen molar-refractivity contribution in [3.63, 3.8) is 0 Å². The quantitative estimate of drug-likeness (QED) is 0.671. The molecular formula is C17H12ClF3O. The second kappa shape index (κ2) is 5.36. The summed E-state index contributed by atoms with van der Waals surface area (Å²) < 4.78 is 42.2. The molecule has 0 fully saturated rings. The van der Waals surface area contributed by atoms with Crippen molar-refractivity contribution < 1.29 is 17.9 Å². The van der Waals surface area contributed by atoms with E-state index in [1.807, 2.05) is 13.0 Å². The Morgan fingerprint density at radius 1 is 1.09 bits per heavy atom. The minimum Gasteiger partial charge on any atom is -0.405 e. The molecule has 22 heavy (non-hydrogen) atoms. The number of fused-ring (bicyclic) bond motifs is 1. The summed E-state index contributed by atoms with van der Waals surface area (Å²) in [5.41, 5.74) is 3.91. The van der Waals surface area contributed by atoms with Gasteiger partial charge in [-0.1, -0.05) is 35.4 Å². The molecule has 0 unspecified atom stereocenters. The van der Waals surface area contributed by atoms with Crippen molar-refractivity contribution in [1.29, 1.82) is 0 Å². The van der Waals surface area contributed by atoms with Crippen molar-refractivity contribution in [2.45, 2.75) is 19.7 Å². The molecular weight excluding hydrogens is 313 g/mol. The average Bonchev–Trinajstić information content (AvgIpc) is 2.76. The molecule has 2 aromatic carbocycles. The highest BCUT2D eigenvalue weighted by Crippen LogP contribution is 2.39. The van der Waals surface area contributed by atoms with Crippen molar-refractivity contribution in [1.82, 2.24) is 0 Å². The predicted molar refractivity (Wildman–Crippen MR) is 80.9 cm³/mol. The summed E-state index contributed by atoms with van der Waals surface area (Å²) in [5, 5.41) is 0.527. The third-order valence-corrected chi connectivity index (χ3v) is 3.75. The summed E-state index contributed by atoms with van der Waals surface area (Å²) in [6.07, 6.45) is -2.10. The third kappa shape index (κ3) is 3.12. The molecule has 0 aliphatic heterocycles. The van der Waals surface area contributed by atoms with E-state index in [-0.39, 0.29) is 5.75 Å². The zero-order valence-corrected chi connectivity index (χ0v) is 12.4. The number of ether oxygens (including phenoxy) is 1. The Bertz CT molecular complexity index is 746. The summed E-state index contributed by atoms with van der Waals surface area (Å²) in [6, 6.07) is 9.85. The fourth-order valence-corrected chi connectivity index (χ4v) is 2.73. The largest absolute Gasteiger partial charge is 0.573 e. The normalized spacial score (nSPS) is 13.8. The van der Waals surface area contributed by atoms with E-state index in [4.69, 9.17) is 11.6 Å². The Balaban J connectivity index is 2.13. The van der Waals surface area contributed by atoms with E-state index in [1.165, 1.54) is 6.07 Å². The third-order valence-electron chi connectivity index (χ3n) is 3.49. The van der Waals surface area contributed by atoms with Gasteiger partial charge >= 0.3 is 6.36 Å². The minimum atomic E-state index is -4.73. The van der Waals surface area contributed by atoms with Crippen LogP contribution >= 0.6 is 11.6 Å². The smallest absolute Gasteiger partial charge is 0.405 e. The van der Waals surface area contributed by atoms with Crippen LogP contribution in [0.2, 0.25) is 5.02 Å². The first-order valence-corrected chi connectivity index (χ1v) is 7.05. The fraction of sp³-hybridized carbons (Fsp3) is 0.176. The molecule has 0 amide bonds. The van der Waals surface area contributed by atoms with Crippen LogP contribution in [0.25, 0.3) is 17.2 Å². The van der Waals surface area contributed by atoms with E-state index in [1.54, 1.807) is 30.3 Å². The molecule has 1 aliphatic rings. The van der Waals surface area contributed by atoms with Gasteiger partial charge in [0.2, 0.25) is 0 Å². The summed E-state index contributed by atoms with van der Waals surface area (Å²) in [7, 11) is 0. The van der Waals surface area contributed by atoms with Gasteiger partial charge in [0.1, 0.15) is 5.75 Å². The number of hydrogen-bond donors (Lipinski definition) is 0. The Morgan fingerprint density at radius 3 is 2.41 bits per heavy atom. The van der Waals surface area contributed by atoms with Gasteiger partial charge in [-0.2, -0.15) is 0 Å². The fourth-order valence-electron chi connectivity index (χ4n) is 2.61. The number of allylic oxidation sites excluding steroid dienone is 1. The van der Waals surface area contributed by atoms with Gasteiger partial charge in [0, 0.05) is 10.6 Å². The highest BCUT2D eigenvalue weighted by atomic mass is 35.5. The van der Waals surface area contributed by atoms with Crippen LogP contribution < -0.4 is 4.74 Å². The van der Waals surface area contributed by atoms with E-state index >= 15 is 0 Å². The first kappa shape index (κ1) is 15.0. The molecule has 0 aromatic heterocycles. The van der Waals surface area contributed by atoms with Gasteiger partial charge in [0.25, 0.3) is 0 Å². The van der Waals surface area contributed by atoms with Gasteiger partial charge in [0.15, 0.2) is 0 Å². The van der Waals surface area contributed by atoms with E-state index in [9.17, 15) is 13.2 Å². The van der Waals surface area contributed by atoms with E-state index in [0.717, 1.165) is 16.7 Å². The van der Waals surface area contributed by atoms with Gasteiger partial charge in [-0.3, -0.25) is 0 Å². The van der Waals surface area contributed by atoms with E-state index in [2.05, 4.69) is 4.74 Å². The molecule has 0 saturated carbocycles. The molecule has 0 heterocycles. The first-order valence-electron chi connectivity index (χ1n) is 6.67. The van der Waals surface area contributed by atoms with Crippen molar-refractivity contribution in [3.8, 4) is 16.9 Å². The second-order valence-electron chi connectivity index (χ2n) is 5.27. The van der Waals surface area contributed by atoms with Gasteiger partial charge in [-0.05, 0) is 54.3 Å². The van der Waals surface area contributed by atoms with Crippen LogP contribution in [0.3, 0.4) is 0 Å². The standard InChI is InChI=1S/C17H12ClF3O/c1-10-6-12-8-15(11-2-4-14(18)5-3-11)16(9-13(12)7-10)22-17(19,20)21/h2-6,8-9H,7H2,1H3.